The van der Waals surface area contributed by atoms with Gasteiger partial charge in [-0.3, -0.25) is 14.9 Å². The molecule has 10 heteroatoms. The van der Waals surface area contributed by atoms with Crippen LogP contribution in [-0.4, -0.2) is 72.9 Å². The maximum Gasteiger partial charge on any atom is 0.319 e. The lowest BCUT2D eigenvalue weighted by Gasteiger charge is -2.25. The summed E-state index contributed by atoms with van der Waals surface area (Å²) in [6, 6.07) is 18.0. The van der Waals surface area contributed by atoms with E-state index in [9.17, 15) is 13.2 Å². The van der Waals surface area contributed by atoms with Gasteiger partial charge in [0.1, 0.15) is 4.90 Å². The quantitative estimate of drug-likeness (QED) is 0.387. The SMILES string of the molecule is Cc1cc(NC(=O)NCCN2CCC(N(C)S(=O)(=O)c3cccc4cccnc34)C2)c2ccccc2n1. The molecule has 9 nitrogen and oxygen atoms in total. The van der Waals surface area contributed by atoms with Crippen molar-refractivity contribution < 1.29 is 13.2 Å². The number of likely N-dealkylation sites (tertiary alicyclic amines) is 1. The van der Waals surface area contributed by atoms with Crippen molar-refractivity contribution in [1.29, 1.82) is 0 Å². The Hall–Kier alpha value is -3.60. The molecule has 1 aliphatic rings. The fourth-order valence-corrected chi connectivity index (χ4v) is 6.39. The van der Waals surface area contributed by atoms with Gasteiger partial charge in [0.15, 0.2) is 0 Å². The van der Waals surface area contributed by atoms with Crippen LogP contribution in [0.2, 0.25) is 0 Å². The van der Waals surface area contributed by atoms with Crippen molar-refractivity contribution in [3.05, 3.63) is 72.6 Å². The van der Waals surface area contributed by atoms with Gasteiger partial charge in [0, 0.05) is 55.4 Å². The van der Waals surface area contributed by atoms with E-state index in [0.717, 1.165) is 40.6 Å². The molecular formula is C27H30N6O3S. The summed E-state index contributed by atoms with van der Waals surface area (Å²) in [4.78, 5) is 23.8. The monoisotopic (exact) mass is 518 g/mol. The molecule has 0 radical (unpaired) electrons. The zero-order valence-electron chi connectivity index (χ0n) is 20.9. The van der Waals surface area contributed by atoms with Crippen LogP contribution in [-0.2, 0) is 10.0 Å². The number of carbonyl (C=O) groups excluding carboxylic acids is 1. The van der Waals surface area contributed by atoms with E-state index in [1.54, 1.807) is 31.4 Å². The van der Waals surface area contributed by atoms with Crippen LogP contribution in [0, 0.1) is 6.92 Å². The fraction of sp³-hybridized carbons (Fsp3) is 0.296. The Labute approximate surface area is 216 Å². The first kappa shape index (κ1) is 25.1. The van der Waals surface area contributed by atoms with E-state index in [-0.39, 0.29) is 17.0 Å². The number of aryl methyl sites for hydroxylation is 1. The number of para-hydroxylation sites is 2. The number of anilines is 1. The molecule has 0 aliphatic carbocycles. The van der Waals surface area contributed by atoms with Gasteiger partial charge >= 0.3 is 6.03 Å². The number of hydrogen-bond acceptors (Lipinski definition) is 6. The maximum atomic E-state index is 13.4. The van der Waals surface area contributed by atoms with Crippen LogP contribution in [0.3, 0.4) is 0 Å². The molecule has 37 heavy (non-hydrogen) atoms. The topological polar surface area (TPSA) is 108 Å². The Bertz CT molecular complexity index is 1550. The normalized spacial score (nSPS) is 16.5. The predicted octanol–water partition coefficient (Wildman–Crippen LogP) is 3.61. The summed E-state index contributed by atoms with van der Waals surface area (Å²) >= 11 is 0. The van der Waals surface area contributed by atoms with Crippen LogP contribution >= 0.6 is 0 Å². The summed E-state index contributed by atoms with van der Waals surface area (Å²) in [6.45, 7) is 4.34. The van der Waals surface area contributed by atoms with E-state index >= 15 is 0 Å². The van der Waals surface area contributed by atoms with E-state index in [0.29, 0.717) is 25.2 Å². The van der Waals surface area contributed by atoms with Crippen molar-refractivity contribution in [1.82, 2.24) is 24.5 Å². The molecule has 4 aromatic rings. The summed E-state index contributed by atoms with van der Waals surface area (Å²) in [5.41, 5.74) is 2.87. The second kappa shape index (κ2) is 10.4. The molecule has 5 rings (SSSR count). The van der Waals surface area contributed by atoms with E-state index in [2.05, 4.69) is 25.5 Å². The lowest BCUT2D eigenvalue weighted by Crippen LogP contribution is -2.40. The maximum absolute atomic E-state index is 13.4. The first-order chi connectivity index (χ1) is 17.8. The number of urea groups is 1. The van der Waals surface area contributed by atoms with Crippen LogP contribution in [0.5, 0.6) is 0 Å². The number of amides is 2. The van der Waals surface area contributed by atoms with Crippen molar-refractivity contribution >= 4 is 43.5 Å². The summed E-state index contributed by atoms with van der Waals surface area (Å²) in [6.07, 6.45) is 2.34. The number of nitrogens with zero attached hydrogens (tertiary/aromatic N) is 4. The van der Waals surface area contributed by atoms with E-state index in [1.807, 2.05) is 49.4 Å². The third kappa shape index (κ3) is 5.27. The average molecular weight is 519 g/mol. The molecule has 2 amide bonds. The molecule has 0 bridgehead atoms. The smallest absolute Gasteiger partial charge is 0.319 e. The highest BCUT2D eigenvalue weighted by Gasteiger charge is 2.34. The number of fused-ring (bicyclic) bond motifs is 2. The Morgan fingerprint density at radius 3 is 2.81 bits per heavy atom. The molecule has 192 valence electrons. The zero-order chi connectivity index (χ0) is 26.0. The third-order valence-corrected chi connectivity index (χ3v) is 8.76. The van der Waals surface area contributed by atoms with Crippen LogP contribution in [0.25, 0.3) is 21.8 Å². The Morgan fingerprint density at radius 1 is 1.14 bits per heavy atom. The first-order valence-electron chi connectivity index (χ1n) is 12.3. The number of aromatic nitrogens is 2. The van der Waals surface area contributed by atoms with E-state index in [1.165, 1.54) is 4.31 Å². The van der Waals surface area contributed by atoms with Gasteiger partial charge in [-0.1, -0.05) is 36.4 Å². The highest BCUT2D eigenvalue weighted by atomic mass is 32.2. The molecule has 0 saturated carbocycles. The van der Waals surface area contributed by atoms with Crippen molar-refractivity contribution in [3.63, 3.8) is 0 Å². The van der Waals surface area contributed by atoms with Crippen LogP contribution in [0.4, 0.5) is 10.5 Å². The third-order valence-electron chi connectivity index (χ3n) is 6.82. The molecule has 2 N–H and O–H groups in total. The van der Waals surface area contributed by atoms with Gasteiger partial charge in [0.2, 0.25) is 10.0 Å². The Kier molecular flexibility index (Phi) is 7.05. The Balaban J connectivity index is 1.16. The molecule has 3 heterocycles. The molecule has 2 aromatic carbocycles. The number of hydrogen-bond donors (Lipinski definition) is 2. The first-order valence-corrected chi connectivity index (χ1v) is 13.7. The van der Waals surface area contributed by atoms with E-state index < -0.39 is 10.0 Å². The van der Waals surface area contributed by atoms with Crippen LogP contribution in [0.1, 0.15) is 12.1 Å². The van der Waals surface area contributed by atoms with Crippen molar-refractivity contribution in [3.8, 4) is 0 Å². The predicted molar refractivity (Wildman–Crippen MR) is 145 cm³/mol. The van der Waals surface area contributed by atoms with Gasteiger partial charge in [-0.15, -0.1) is 0 Å². The Morgan fingerprint density at radius 2 is 1.95 bits per heavy atom. The van der Waals surface area contributed by atoms with Gasteiger partial charge in [0.25, 0.3) is 0 Å². The molecular weight excluding hydrogens is 488 g/mol. The average Bonchev–Trinajstić information content (AvgIpc) is 3.36. The molecule has 0 spiro atoms. The summed E-state index contributed by atoms with van der Waals surface area (Å²) < 4.78 is 28.3. The second-order valence-electron chi connectivity index (χ2n) is 9.30. The minimum absolute atomic E-state index is 0.149. The molecule has 1 fully saturated rings. The molecule has 1 atom stereocenters. The van der Waals surface area contributed by atoms with Crippen molar-refractivity contribution in [2.75, 3.05) is 38.5 Å². The number of pyridine rings is 2. The zero-order valence-corrected chi connectivity index (χ0v) is 21.7. The molecule has 1 unspecified atom stereocenters. The van der Waals surface area contributed by atoms with Crippen molar-refractivity contribution in [2.45, 2.75) is 24.3 Å². The molecule has 1 saturated heterocycles. The lowest BCUT2D eigenvalue weighted by atomic mass is 10.1. The number of nitrogens with one attached hydrogen (secondary N) is 2. The number of sulfonamides is 1. The standard InChI is InChI=1S/C27H30N6O3S/c1-19-17-24(22-9-3-4-10-23(22)30-19)31-27(34)29-14-16-33-15-12-21(18-33)32(2)37(35,36)25-11-5-7-20-8-6-13-28-26(20)25/h3-11,13,17,21H,12,14-16,18H2,1-2H3,(H2,29,30,31,34). The highest BCUT2D eigenvalue weighted by molar-refractivity contribution is 7.89. The summed E-state index contributed by atoms with van der Waals surface area (Å²) in [5.74, 6) is 0. The van der Waals surface area contributed by atoms with Gasteiger partial charge in [0.05, 0.1) is 16.7 Å². The van der Waals surface area contributed by atoms with Crippen LogP contribution in [0.15, 0.2) is 71.8 Å². The minimum atomic E-state index is -3.70. The highest BCUT2D eigenvalue weighted by Crippen LogP contribution is 2.27. The van der Waals surface area contributed by atoms with Crippen LogP contribution < -0.4 is 10.6 Å². The summed E-state index contributed by atoms with van der Waals surface area (Å²) in [7, 11) is -2.07. The number of likely N-dealkylation sites (N-methyl/N-ethyl adjacent to an activating group) is 1. The number of benzene rings is 2. The minimum Gasteiger partial charge on any atom is -0.337 e. The largest absolute Gasteiger partial charge is 0.337 e. The lowest BCUT2D eigenvalue weighted by molar-refractivity contribution is 0.248. The fourth-order valence-electron chi connectivity index (χ4n) is 4.85. The molecule has 1 aliphatic heterocycles. The number of rotatable bonds is 7. The van der Waals surface area contributed by atoms with Gasteiger partial charge in [-0.05, 0) is 44.2 Å². The van der Waals surface area contributed by atoms with Crippen molar-refractivity contribution in [2.24, 2.45) is 0 Å². The van der Waals surface area contributed by atoms with E-state index in [4.69, 9.17) is 0 Å². The van der Waals surface area contributed by atoms with Gasteiger partial charge in [-0.2, -0.15) is 4.31 Å². The number of carbonyl (C=O) groups is 1. The molecule has 2 aromatic heterocycles. The van der Waals surface area contributed by atoms with Gasteiger partial charge < -0.3 is 10.6 Å². The van der Waals surface area contributed by atoms with Gasteiger partial charge in [-0.25, -0.2) is 13.2 Å². The summed E-state index contributed by atoms with van der Waals surface area (Å²) in [5, 5.41) is 7.52. The second-order valence-corrected chi connectivity index (χ2v) is 11.3.